The van der Waals surface area contributed by atoms with E-state index in [1.54, 1.807) is 0 Å². The number of nitrogens with one attached hydrogen (secondary N) is 1. The lowest BCUT2D eigenvalue weighted by Gasteiger charge is -2.59. The molecular formula is C33H46N6O2. The monoisotopic (exact) mass is 558 g/mol. The molecule has 8 rings (SSSR count). The summed E-state index contributed by atoms with van der Waals surface area (Å²) in [5.41, 5.74) is 3.46. The second-order valence-electron chi connectivity index (χ2n) is 14.4. The van der Waals surface area contributed by atoms with Gasteiger partial charge in [0.1, 0.15) is 5.82 Å². The summed E-state index contributed by atoms with van der Waals surface area (Å²) >= 11 is 0. The smallest absolute Gasteiger partial charge is 0.322 e. The lowest BCUT2D eigenvalue weighted by atomic mass is 9.48. The van der Waals surface area contributed by atoms with Crippen molar-refractivity contribution in [1.82, 2.24) is 15.2 Å². The number of carbonyl (C=O) groups is 1. The number of carbonyl (C=O) groups excluding carboxylic acids is 1. The van der Waals surface area contributed by atoms with Crippen molar-refractivity contribution >= 4 is 28.9 Å². The van der Waals surface area contributed by atoms with Crippen molar-refractivity contribution in [3.05, 3.63) is 42.6 Å². The second kappa shape index (κ2) is 10.2. The Bertz CT molecular complexity index is 1250. The molecule has 41 heavy (non-hydrogen) atoms. The maximum atomic E-state index is 13.8. The van der Waals surface area contributed by atoms with E-state index in [1.807, 2.05) is 23.2 Å². The van der Waals surface area contributed by atoms with Gasteiger partial charge in [0.05, 0.1) is 23.3 Å². The first-order valence-electron chi connectivity index (χ1n) is 15.7. The van der Waals surface area contributed by atoms with Gasteiger partial charge < -0.3 is 20.2 Å². The Hall–Kier alpha value is -2.84. The Balaban J connectivity index is 1.04. The van der Waals surface area contributed by atoms with Crippen LogP contribution in [-0.2, 0) is 0 Å². The highest BCUT2D eigenvalue weighted by atomic mass is 16.3. The fourth-order valence-corrected chi connectivity index (χ4v) is 9.01. The molecule has 2 N–H and O–H groups in total. The number of piperazine rings is 1. The average Bonchev–Trinajstić information content (AvgIpc) is 2.98. The van der Waals surface area contributed by atoms with Gasteiger partial charge in [-0.05, 0) is 100 Å². The highest BCUT2D eigenvalue weighted by Gasteiger charge is 2.55. The summed E-state index contributed by atoms with van der Waals surface area (Å²) in [5, 5.41) is 13.6. The van der Waals surface area contributed by atoms with Crippen LogP contribution in [0.15, 0.2) is 42.6 Å². The van der Waals surface area contributed by atoms with Gasteiger partial charge in [0, 0.05) is 57.5 Å². The largest absolute Gasteiger partial charge is 0.396 e. The number of hydrogen-bond acceptors (Lipinski definition) is 6. The molecule has 4 aliphatic carbocycles. The van der Waals surface area contributed by atoms with Gasteiger partial charge >= 0.3 is 6.03 Å². The van der Waals surface area contributed by atoms with Crippen molar-refractivity contribution in [2.75, 3.05) is 60.6 Å². The maximum absolute atomic E-state index is 13.8. The molecule has 8 heteroatoms. The summed E-state index contributed by atoms with van der Waals surface area (Å²) in [6.45, 7) is 12.6. The Labute approximate surface area is 244 Å². The van der Waals surface area contributed by atoms with Gasteiger partial charge in [0.2, 0.25) is 0 Å². The van der Waals surface area contributed by atoms with Crippen LogP contribution in [0.2, 0.25) is 0 Å². The molecule has 1 aromatic heterocycles. The average molecular weight is 559 g/mol. The molecule has 2 aromatic rings. The molecule has 4 bridgehead atoms. The van der Waals surface area contributed by atoms with Crippen molar-refractivity contribution in [3.63, 3.8) is 0 Å². The number of para-hydroxylation sites is 2. The zero-order chi connectivity index (χ0) is 28.4. The molecule has 0 spiro atoms. The van der Waals surface area contributed by atoms with Crippen LogP contribution in [0.25, 0.3) is 0 Å². The second-order valence-corrected chi connectivity index (χ2v) is 14.4. The zero-order valence-corrected chi connectivity index (χ0v) is 24.9. The molecular weight excluding hydrogens is 512 g/mol. The SMILES string of the molecule is CC(C)(C)N1CCN(c2ccc(N3CCN(C(=O)NC4C5CC6CC4CC(CO)(C6)C5)c4ccccc43)nc2)CC1. The third kappa shape index (κ3) is 4.87. The van der Waals surface area contributed by atoms with Crippen LogP contribution in [0.4, 0.5) is 27.7 Å². The Morgan fingerprint density at radius 3 is 2.29 bits per heavy atom. The van der Waals surface area contributed by atoms with Gasteiger partial charge in [0.15, 0.2) is 0 Å². The van der Waals surface area contributed by atoms with Gasteiger partial charge in [-0.15, -0.1) is 0 Å². The molecule has 0 radical (unpaired) electrons. The van der Waals surface area contributed by atoms with Crippen LogP contribution >= 0.6 is 0 Å². The molecule has 4 saturated carbocycles. The van der Waals surface area contributed by atoms with Gasteiger partial charge in [-0.2, -0.15) is 0 Å². The van der Waals surface area contributed by atoms with E-state index in [0.29, 0.717) is 31.5 Å². The number of hydrogen-bond donors (Lipinski definition) is 2. The fourth-order valence-electron chi connectivity index (χ4n) is 9.01. The number of benzene rings is 1. The molecule has 2 atom stereocenters. The van der Waals surface area contributed by atoms with Crippen LogP contribution in [0.3, 0.4) is 0 Å². The maximum Gasteiger partial charge on any atom is 0.322 e. The normalized spacial score (nSPS) is 31.4. The van der Waals surface area contributed by atoms with E-state index in [-0.39, 0.29) is 23.0 Å². The van der Waals surface area contributed by atoms with Crippen LogP contribution in [0.5, 0.6) is 0 Å². The number of aromatic nitrogens is 1. The first-order valence-corrected chi connectivity index (χ1v) is 15.7. The van der Waals surface area contributed by atoms with Crippen molar-refractivity contribution in [2.45, 2.75) is 64.5 Å². The van der Waals surface area contributed by atoms with Crippen molar-refractivity contribution in [1.29, 1.82) is 0 Å². The van der Waals surface area contributed by atoms with E-state index in [1.165, 1.54) is 24.9 Å². The van der Waals surface area contributed by atoms with Crippen LogP contribution in [-0.4, -0.2) is 78.5 Å². The van der Waals surface area contributed by atoms with Gasteiger partial charge in [-0.1, -0.05) is 12.1 Å². The minimum absolute atomic E-state index is 0.0188. The molecule has 8 nitrogen and oxygen atoms in total. The number of aliphatic hydroxyl groups is 1. The highest BCUT2D eigenvalue weighted by Crippen LogP contribution is 2.59. The topological polar surface area (TPSA) is 75.2 Å². The minimum atomic E-state index is 0.0188. The molecule has 5 fully saturated rings. The highest BCUT2D eigenvalue weighted by molar-refractivity contribution is 5.98. The van der Waals surface area contributed by atoms with E-state index in [0.717, 1.165) is 62.1 Å². The van der Waals surface area contributed by atoms with Crippen molar-refractivity contribution in [3.8, 4) is 0 Å². The lowest BCUT2D eigenvalue weighted by Crippen LogP contribution is -2.62. The lowest BCUT2D eigenvalue weighted by molar-refractivity contribution is -0.0963. The van der Waals surface area contributed by atoms with E-state index < -0.39 is 0 Å². The molecule has 3 heterocycles. The zero-order valence-electron chi connectivity index (χ0n) is 24.9. The van der Waals surface area contributed by atoms with Crippen LogP contribution in [0, 0.1) is 23.2 Å². The number of amides is 2. The molecule has 220 valence electrons. The van der Waals surface area contributed by atoms with Crippen molar-refractivity contribution in [2.24, 2.45) is 23.2 Å². The summed E-state index contributed by atoms with van der Waals surface area (Å²) < 4.78 is 0. The van der Waals surface area contributed by atoms with Crippen molar-refractivity contribution < 1.29 is 9.90 Å². The number of anilines is 4. The third-order valence-electron chi connectivity index (χ3n) is 10.9. The van der Waals surface area contributed by atoms with Gasteiger partial charge in [0.25, 0.3) is 0 Å². The predicted molar refractivity (Wildman–Crippen MR) is 164 cm³/mol. The number of aliphatic hydroxyl groups excluding tert-OH is 1. The van der Waals surface area contributed by atoms with E-state index in [2.05, 4.69) is 65.1 Å². The molecule has 1 saturated heterocycles. The van der Waals surface area contributed by atoms with Gasteiger partial charge in [-0.3, -0.25) is 9.80 Å². The molecule has 2 amide bonds. The molecule has 1 aromatic carbocycles. The third-order valence-corrected chi connectivity index (χ3v) is 10.9. The van der Waals surface area contributed by atoms with E-state index >= 15 is 0 Å². The number of rotatable bonds is 4. The summed E-state index contributed by atoms with van der Waals surface area (Å²) in [6.07, 6.45) is 7.69. The Morgan fingerprint density at radius 1 is 0.951 bits per heavy atom. The van der Waals surface area contributed by atoms with Crippen LogP contribution in [0.1, 0.15) is 52.9 Å². The van der Waals surface area contributed by atoms with Gasteiger partial charge in [-0.25, -0.2) is 9.78 Å². The number of nitrogens with zero attached hydrogens (tertiary/aromatic N) is 5. The standard InChI is InChI=1S/C33H46N6O2/c1-32(2,3)37-12-10-36(11-13-37)26-8-9-29(34-21-26)38-14-15-39(28-7-5-4-6-27(28)38)31(41)35-30-24-16-23-17-25(30)20-33(18-23,19-24)22-40/h4-9,21,23-25,30,40H,10-20,22H2,1-3H3,(H,35,41). The molecule has 2 aliphatic heterocycles. The predicted octanol–water partition coefficient (Wildman–Crippen LogP) is 4.86. The fraction of sp³-hybridized carbons (Fsp3) is 0.636. The quantitative estimate of drug-likeness (QED) is 0.559. The summed E-state index contributed by atoms with van der Waals surface area (Å²) in [4.78, 5) is 27.8. The summed E-state index contributed by atoms with van der Waals surface area (Å²) in [7, 11) is 0. The van der Waals surface area contributed by atoms with E-state index in [9.17, 15) is 9.90 Å². The molecule has 2 unspecified atom stereocenters. The van der Waals surface area contributed by atoms with E-state index in [4.69, 9.17) is 4.98 Å². The first-order chi connectivity index (χ1) is 19.7. The van der Waals surface area contributed by atoms with Crippen LogP contribution < -0.4 is 20.0 Å². The Morgan fingerprint density at radius 2 is 1.66 bits per heavy atom. The molecule has 6 aliphatic rings. The first kappa shape index (κ1) is 27.0. The summed E-state index contributed by atoms with van der Waals surface area (Å²) in [5.74, 6) is 2.63. The number of fused-ring (bicyclic) bond motifs is 1. The number of pyridine rings is 1. The number of urea groups is 1. The Kier molecular flexibility index (Phi) is 6.69. The minimum Gasteiger partial charge on any atom is -0.396 e. The summed E-state index contributed by atoms with van der Waals surface area (Å²) in [6, 6.07) is 12.8.